The summed E-state index contributed by atoms with van der Waals surface area (Å²) in [6.07, 6.45) is 1.63. The van der Waals surface area contributed by atoms with E-state index in [1.165, 1.54) is 0 Å². The van der Waals surface area contributed by atoms with Gasteiger partial charge >= 0.3 is 0 Å². The van der Waals surface area contributed by atoms with Crippen LogP contribution in [0, 0.1) is 0 Å². The van der Waals surface area contributed by atoms with Gasteiger partial charge < -0.3 is 14.7 Å². The zero-order valence-electron chi connectivity index (χ0n) is 15.5. The number of aliphatic imine (C=N–C) groups is 1. The van der Waals surface area contributed by atoms with Crippen LogP contribution in [0.25, 0.3) is 0 Å². The molecular weight excluding hydrogens is 304 g/mol. The molecule has 0 atom stereocenters. The zero-order valence-corrected chi connectivity index (χ0v) is 15.5. The van der Waals surface area contributed by atoms with E-state index in [0.717, 1.165) is 64.0 Å². The number of hydrogen-bond acceptors (Lipinski definition) is 5. The Morgan fingerprint density at radius 1 is 1.38 bits per heavy atom. The molecule has 2 heterocycles. The molecule has 0 aromatic carbocycles. The molecule has 1 fully saturated rings. The van der Waals surface area contributed by atoms with E-state index in [4.69, 9.17) is 4.52 Å². The van der Waals surface area contributed by atoms with Crippen LogP contribution < -0.4 is 5.32 Å². The summed E-state index contributed by atoms with van der Waals surface area (Å²) < 4.78 is 4.90. The van der Waals surface area contributed by atoms with Gasteiger partial charge in [-0.15, -0.1) is 0 Å². The first kappa shape index (κ1) is 18.7. The average molecular weight is 336 g/mol. The van der Waals surface area contributed by atoms with Crippen molar-refractivity contribution in [1.82, 2.24) is 25.2 Å². The molecule has 1 N–H and O–H groups in total. The van der Waals surface area contributed by atoms with Crippen LogP contribution in [-0.2, 0) is 6.54 Å². The number of nitrogens with one attached hydrogen (secondary N) is 1. The summed E-state index contributed by atoms with van der Waals surface area (Å²) in [5.41, 5.74) is 0.999. The monoisotopic (exact) mass is 336 g/mol. The second-order valence-corrected chi connectivity index (χ2v) is 6.45. The fraction of sp³-hybridized carbons (Fsp3) is 0.765. The standard InChI is InChI=1S/C17H32N6O/c1-5-22(15(2)3)8-7-19-17(18-4)23-11-9-21(10-12-23)14-16-6-13-24-20-16/h6,13,15H,5,7-12,14H2,1-4H3,(H,18,19). The van der Waals surface area contributed by atoms with Gasteiger partial charge in [0.1, 0.15) is 6.26 Å². The molecule has 1 aromatic heterocycles. The van der Waals surface area contributed by atoms with E-state index >= 15 is 0 Å². The van der Waals surface area contributed by atoms with Gasteiger partial charge in [-0.1, -0.05) is 12.1 Å². The minimum Gasteiger partial charge on any atom is -0.364 e. The van der Waals surface area contributed by atoms with Gasteiger partial charge in [-0.05, 0) is 20.4 Å². The predicted octanol–water partition coefficient (Wildman–Crippen LogP) is 1.10. The molecule has 1 aromatic rings. The van der Waals surface area contributed by atoms with Crippen molar-refractivity contribution in [3.05, 3.63) is 18.0 Å². The van der Waals surface area contributed by atoms with Crippen LogP contribution in [0.3, 0.4) is 0 Å². The minimum absolute atomic E-state index is 0.582. The number of likely N-dealkylation sites (N-methyl/N-ethyl adjacent to an activating group) is 1. The number of nitrogens with zero attached hydrogens (tertiary/aromatic N) is 5. The van der Waals surface area contributed by atoms with Crippen molar-refractivity contribution in [2.45, 2.75) is 33.4 Å². The molecule has 24 heavy (non-hydrogen) atoms. The number of hydrogen-bond donors (Lipinski definition) is 1. The molecule has 1 saturated heterocycles. The molecular formula is C17H32N6O. The highest BCUT2D eigenvalue weighted by Crippen LogP contribution is 2.07. The van der Waals surface area contributed by atoms with E-state index in [2.05, 4.69) is 50.9 Å². The van der Waals surface area contributed by atoms with E-state index in [0.29, 0.717) is 6.04 Å². The lowest BCUT2D eigenvalue weighted by atomic mass is 10.3. The Balaban J connectivity index is 1.72. The van der Waals surface area contributed by atoms with E-state index in [-0.39, 0.29) is 0 Å². The van der Waals surface area contributed by atoms with Gasteiger partial charge in [0, 0.05) is 65.0 Å². The molecule has 136 valence electrons. The Bertz CT molecular complexity index is 479. The van der Waals surface area contributed by atoms with Crippen molar-refractivity contribution in [1.29, 1.82) is 0 Å². The van der Waals surface area contributed by atoms with Gasteiger partial charge in [-0.3, -0.25) is 14.8 Å². The van der Waals surface area contributed by atoms with Gasteiger partial charge in [0.05, 0.1) is 5.69 Å². The fourth-order valence-corrected chi connectivity index (χ4v) is 3.09. The van der Waals surface area contributed by atoms with Crippen LogP contribution in [-0.4, -0.2) is 84.7 Å². The highest BCUT2D eigenvalue weighted by Gasteiger charge is 2.20. The largest absolute Gasteiger partial charge is 0.364 e. The van der Waals surface area contributed by atoms with E-state index < -0.39 is 0 Å². The maximum Gasteiger partial charge on any atom is 0.193 e. The molecule has 1 aliphatic heterocycles. The van der Waals surface area contributed by atoms with Crippen molar-refractivity contribution < 1.29 is 4.52 Å². The van der Waals surface area contributed by atoms with E-state index in [1.807, 2.05) is 13.1 Å². The molecule has 7 heteroatoms. The topological polar surface area (TPSA) is 60.1 Å². The third-order valence-electron chi connectivity index (χ3n) is 4.58. The van der Waals surface area contributed by atoms with Crippen LogP contribution >= 0.6 is 0 Å². The van der Waals surface area contributed by atoms with Crippen LogP contribution in [0.1, 0.15) is 26.5 Å². The highest BCUT2D eigenvalue weighted by atomic mass is 16.5. The zero-order chi connectivity index (χ0) is 17.4. The summed E-state index contributed by atoms with van der Waals surface area (Å²) >= 11 is 0. The van der Waals surface area contributed by atoms with Gasteiger partial charge in [0.2, 0.25) is 0 Å². The Kier molecular flexibility index (Phi) is 7.52. The third-order valence-corrected chi connectivity index (χ3v) is 4.58. The normalized spacial score (nSPS) is 17.1. The lowest BCUT2D eigenvalue weighted by Gasteiger charge is -2.36. The van der Waals surface area contributed by atoms with Crippen LogP contribution in [0.4, 0.5) is 0 Å². The predicted molar refractivity (Wildman–Crippen MR) is 97.1 cm³/mol. The molecule has 0 unspecified atom stereocenters. The van der Waals surface area contributed by atoms with Gasteiger partial charge in [-0.25, -0.2) is 0 Å². The molecule has 0 spiro atoms. The Labute approximate surface area is 145 Å². The number of rotatable bonds is 7. The SMILES string of the molecule is CCN(CCNC(=NC)N1CCN(Cc2ccon2)CC1)C(C)C. The summed E-state index contributed by atoms with van der Waals surface area (Å²) in [6.45, 7) is 14.6. The molecule has 2 rings (SSSR count). The Morgan fingerprint density at radius 2 is 2.12 bits per heavy atom. The number of piperazine rings is 1. The molecule has 0 amide bonds. The van der Waals surface area contributed by atoms with Crippen LogP contribution in [0.15, 0.2) is 21.8 Å². The van der Waals surface area contributed by atoms with Crippen LogP contribution in [0.5, 0.6) is 0 Å². The summed E-state index contributed by atoms with van der Waals surface area (Å²) in [7, 11) is 1.87. The molecule has 1 aliphatic rings. The first-order valence-corrected chi connectivity index (χ1v) is 8.95. The second-order valence-electron chi connectivity index (χ2n) is 6.45. The smallest absolute Gasteiger partial charge is 0.193 e. The first-order chi connectivity index (χ1) is 11.6. The number of aromatic nitrogens is 1. The maximum absolute atomic E-state index is 4.90. The lowest BCUT2D eigenvalue weighted by molar-refractivity contribution is 0.168. The first-order valence-electron chi connectivity index (χ1n) is 8.95. The molecule has 0 bridgehead atoms. The van der Waals surface area contributed by atoms with Gasteiger partial charge in [0.25, 0.3) is 0 Å². The lowest BCUT2D eigenvalue weighted by Crippen LogP contribution is -2.53. The summed E-state index contributed by atoms with van der Waals surface area (Å²) in [6, 6.07) is 2.51. The van der Waals surface area contributed by atoms with Crippen molar-refractivity contribution in [2.75, 3.05) is 52.9 Å². The molecule has 0 aliphatic carbocycles. The average Bonchev–Trinajstić information content (AvgIpc) is 3.09. The fourth-order valence-electron chi connectivity index (χ4n) is 3.09. The van der Waals surface area contributed by atoms with Gasteiger partial charge in [-0.2, -0.15) is 0 Å². The van der Waals surface area contributed by atoms with Crippen LogP contribution in [0.2, 0.25) is 0 Å². The van der Waals surface area contributed by atoms with Crippen molar-refractivity contribution in [2.24, 2.45) is 4.99 Å². The van der Waals surface area contributed by atoms with Crippen molar-refractivity contribution in [3.63, 3.8) is 0 Å². The summed E-state index contributed by atoms with van der Waals surface area (Å²) in [5.74, 6) is 1.01. The maximum atomic E-state index is 4.90. The van der Waals surface area contributed by atoms with Gasteiger partial charge in [0.15, 0.2) is 5.96 Å². The van der Waals surface area contributed by atoms with E-state index in [1.54, 1.807) is 6.26 Å². The molecule has 7 nitrogen and oxygen atoms in total. The third kappa shape index (κ3) is 5.49. The Morgan fingerprint density at radius 3 is 2.67 bits per heavy atom. The second kappa shape index (κ2) is 9.64. The minimum atomic E-state index is 0.582. The molecule has 0 saturated carbocycles. The highest BCUT2D eigenvalue weighted by molar-refractivity contribution is 5.80. The van der Waals surface area contributed by atoms with Crippen molar-refractivity contribution >= 4 is 5.96 Å². The molecule has 0 radical (unpaired) electrons. The quantitative estimate of drug-likeness (QED) is 0.594. The number of guanidine groups is 1. The summed E-state index contributed by atoms with van der Waals surface area (Å²) in [5, 5.41) is 7.50. The van der Waals surface area contributed by atoms with Crippen molar-refractivity contribution in [3.8, 4) is 0 Å². The van der Waals surface area contributed by atoms with E-state index in [9.17, 15) is 0 Å². The summed E-state index contributed by atoms with van der Waals surface area (Å²) in [4.78, 5) is 11.6. The Hall–Kier alpha value is -1.60.